The highest BCUT2D eigenvalue weighted by molar-refractivity contribution is 7.21. The molecule has 2 aliphatic heterocycles. The van der Waals surface area contributed by atoms with E-state index in [1.807, 2.05) is 24.3 Å². The minimum absolute atomic E-state index is 0.213. The lowest BCUT2D eigenvalue weighted by atomic mass is 10.1. The lowest BCUT2D eigenvalue weighted by molar-refractivity contribution is 0.0342. The number of hydrogen-bond acceptors (Lipinski definition) is 9. The average molecular weight is 617 g/mol. The first kappa shape index (κ1) is 27.3. The van der Waals surface area contributed by atoms with E-state index in [9.17, 15) is 9.59 Å². The second-order valence-corrected chi connectivity index (χ2v) is 11.4. The minimum Gasteiger partial charge on any atom is -0.484 e. The van der Waals surface area contributed by atoms with E-state index in [-0.39, 0.29) is 12.5 Å². The van der Waals surface area contributed by atoms with Crippen LogP contribution in [0.25, 0.3) is 10.2 Å². The van der Waals surface area contributed by atoms with Gasteiger partial charge in [0.2, 0.25) is 0 Å². The van der Waals surface area contributed by atoms with Gasteiger partial charge in [0.1, 0.15) is 34.2 Å². The largest absolute Gasteiger partial charge is 0.484 e. The summed E-state index contributed by atoms with van der Waals surface area (Å²) in [6.07, 6.45) is 2.94. The third-order valence-corrected chi connectivity index (χ3v) is 8.56. The number of ether oxygens (including phenoxy) is 2. The van der Waals surface area contributed by atoms with Gasteiger partial charge in [0.15, 0.2) is 5.82 Å². The number of furan rings is 1. The number of halogens is 1. The first-order valence-electron chi connectivity index (χ1n) is 13.6. The summed E-state index contributed by atoms with van der Waals surface area (Å²) in [5, 5.41) is 6.71. The molecular formula is C30H25ClN6O5S. The zero-order valence-corrected chi connectivity index (χ0v) is 24.3. The van der Waals surface area contributed by atoms with Gasteiger partial charge in [-0.25, -0.2) is 19.7 Å². The molecule has 0 bridgehead atoms. The molecule has 43 heavy (non-hydrogen) atoms. The number of anilines is 4. The topological polar surface area (TPSA) is 122 Å². The number of nitrogens with one attached hydrogen (secondary N) is 2. The first-order chi connectivity index (χ1) is 21.0. The molecule has 0 spiro atoms. The Kier molecular flexibility index (Phi) is 7.41. The molecule has 5 aromatic rings. The Balaban J connectivity index is 1.11. The summed E-state index contributed by atoms with van der Waals surface area (Å²) in [7, 11) is 0. The molecule has 0 radical (unpaired) electrons. The predicted molar refractivity (Wildman–Crippen MR) is 164 cm³/mol. The Hall–Kier alpha value is -4.49. The van der Waals surface area contributed by atoms with Crippen molar-refractivity contribution in [1.82, 2.24) is 14.9 Å². The van der Waals surface area contributed by atoms with Crippen molar-refractivity contribution in [3.63, 3.8) is 0 Å². The highest BCUT2D eigenvalue weighted by atomic mass is 35.5. The smallest absolute Gasteiger partial charge is 0.332 e. The number of carbonyl (C=O) groups excluding carboxylic acids is 2. The summed E-state index contributed by atoms with van der Waals surface area (Å²) in [6.45, 7) is 4.34. The molecular weight excluding hydrogens is 592 g/mol. The quantitative estimate of drug-likeness (QED) is 0.209. The Morgan fingerprint density at radius 2 is 1.95 bits per heavy atom. The molecule has 2 N–H and O–H groups in total. The number of benzene rings is 2. The molecule has 3 aromatic heterocycles. The average Bonchev–Trinajstić information content (AvgIpc) is 3.67. The third kappa shape index (κ3) is 5.53. The predicted octanol–water partition coefficient (Wildman–Crippen LogP) is 6.28. The van der Waals surface area contributed by atoms with Crippen LogP contribution in [0.1, 0.15) is 21.0 Å². The number of rotatable bonds is 8. The van der Waals surface area contributed by atoms with Crippen molar-refractivity contribution in [2.24, 2.45) is 0 Å². The van der Waals surface area contributed by atoms with Gasteiger partial charge in [-0.2, -0.15) is 0 Å². The summed E-state index contributed by atoms with van der Waals surface area (Å²) < 4.78 is 16.5. The number of amides is 3. The first-order valence-corrected chi connectivity index (χ1v) is 14.8. The van der Waals surface area contributed by atoms with Crippen molar-refractivity contribution in [3.05, 3.63) is 88.4 Å². The van der Waals surface area contributed by atoms with Crippen LogP contribution in [0.2, 0.25) is 5.02 Å². The fourth-order valence-corrected chi connectivity index (χ4v) is 6.27. The van der Waals surface area contributed by atoms with E-state index in [4.69, 9.17) is 25.5 Å². The second-order valence-electron chi connectivity index (χ2n) is 9.97. The van der Waals surface area contributed by atoms with Gasteiger partial charge >= 0.3 is 6.03 Å². The maximum absolute atomic E-state index is 13.4. The summed E-state index contributed by atoms with van der Waals surface area (Å²) in [6, 6.07) is 15.9. The normalized spacial score (nSPS) is 15.0. The summed E-state index contributed by atoms with van der Waals surface area (Å²) in [5.74, 6) is 1.10. The number of aromatic nitrogens is 2. The maximum Gasteiger partial charge on any atom is 0.332 e. The fraction of sp³-hybridized carbons (Fsp3) is 0.200. The van der Waals surface area contributed by atoms with Crippen LogP contribution in [-0.2, 0) is 17.9 Å². The van der Waals surface area contributed by atoms with Crippen LogP contribution in [0, 0.1) is 0 Å². The number of urea groups is 1. The highest BCUT2D eigenvalue weighted by Gasteiger charge is 2.34. The Morgan fingerprint density at radius 3 is 2.72 bits per heavy atom. The molecule has 2 aliphatic rings. The molecule has 1 saturated heterocycles. The molecule has 13 heteroatoms. The van der Waals surface area contributed by atoms with Gasteiger partial charge in [0.05, 0.1) is 41.3 Å². The van der Waals surface area contributed by atoms with Gasteiger partial charge in [0.25, 0.3) is 5.91 Å². The molecule has 2 aromatic carbocycles. The van der Waals surface area contributed by atoms with Crippen LogP contribution in [0.5, 0.6) is 5.75 Å². The van der Waals surface area contributed by atoms with Crippen molar-refractivity contribution in [3.8, 4) is 5.75 Å². The zero-order chi connectivity index (χ0) is 29.3. The summed E-state index contributed by atoms with van der Waals surface area (Å²) in [5.41, 5.74) is 2.66. The Morgan fingerprint density at radius 1 is 1.12 bits per heavy atom. The number of morpholine rings is 1. The SMILES string of the molecule is O=C(Nc1ccc(CN2CCOCC2)cc1)c1sc2ncnc3c2c1NC(=O)N3c1ccc(OCc2ccco2)c(Cl)c1. The highest BCUT2D eigenvalue weighted by Crippen LogP contribution is 2.45. The Bertz CT molecular complexity index is 1800. The van der Waals surface area contributed by atoms with E-state index < -0.39 is 6.03 Å². The van der Waals surface area contributed by atoms with Crippen molar-refractivity contribution in [2.75, 3.05) is 41.8 Å². The van der Waals surface area contributed by atoms with Crippen LogP contribution in [-0.4, -0.2) is 53.1 Å². The van der Waals surface area contributed by atoms with E-state index in [1.165, 1.54) is 22.6 Å². The van der Waals surface area contributed by atoms with Gasteiger partial charge in [0, 0.05) is 25.3 Å². The molecule has 1 fully saturated rings. The Labute approximate surface area is 255 Å². The third-order valence-electron chi connectivity index (χ3n) is 7.17. The molecule has 218 valence electrons. The van der Waals surface area contributed by atoms with E-state index in [0.717, 1.165) is 38.4 Å². The molecule has 0 unspecified atom stereocenters. The second kappa shape index (κ2) is 11.7. The minimum atomic E-state index is -0.479. The van der Waals surface area contributed by atoms with E-state index in [1.54, 1.807) is 36.6 Å². The fourth-order valence-electron chi connectivity index (χ4n) is 5.05. The summed E-state index contributed by atoms with van der Waals surface area (Å²) >= 11 is 7.70. The van der Waals surface area contributed by atoms with Crippen LogP contribution in [0.15, 0.2) is 71.6 Å². The van der Waals surface area contributed by atoms with Crippen molar-refractivity contribution in [2.45, 2.75) is 13.2 Å². The van der Waals surface area contributed by atoms with Gasteiger partial charge in [-0.1, -0.05) is 23.7 Å². The lowest BCUT2D eigenvalue weighted by Gasteiger charge is -2.27. The number of hydrogen-bond donors (Lipinski definition) is 2. The molecule has 5 heterocycles. The van der Waals surface area contributed by atoms with Crippen molar-refractivity contribution < 1.29 is 23.5 Å². The van der Waals surface area contributed by atoms with E-state index in [0.29, 0.717) is 54.5 Å². The number of nitrogens with zero attached hydrogens (tertiary/aromatic N) is 4. The number of carbonyl (C=O) groups is 2. The molecule has 0 saturated carbocycles. The molecule has 0 atom stereocenters. The van der Waals surface area contributed by atoms with Gasteiger partial charge in [-0.05, 0) is 48.0 Å². The molecule has 3 amide bonds. The van der Waals surface area contributed by atoms with Gasteiger partial charge in [-0.3, -0.25) is 9.69 Å². The molecule has 11 nitrogen and oxygen atoms in total. The van der Waals surface area contributed by atoms with Crippen LogP contribution in [0.4, 0.5) is 27.7 Å². The van der Waals surface area contributed by atoms with Crippen molar-refractivity contribution >= 4 is 68.0 Å². The van der Waals surface area contributed by atoms with Crippen LogP contribution in [0.3, 0.4) is 0 Å². The number of thiophene rings is 1. The van der Waals surface area contributed by atoms with Gasteiger partial charge in [-0.15, -0.1) is 11.3 Å². The van der Waals surface area contributed by atoms with Gasteiger partial charge < -0.3 is 24.5 Å². The van der Waals surface area contributed by atoms with E-state index in [2.05, 4.69) is 25.5 Å². The summed E-state index contributed by atoms with van der Waals surface area (Å²) in [4.78, 5) is 40.3. The maximum atomic E-state index is 13.4. The van der Waals surface area contributed by atoms with Crippen LogP contribution >= 0.6 is 22.9 Å². The van der Waals surface area contributed by atoms with Crippen molar-refractivity contribution in [1.29, 1.82) is 0 Å². The van der Waals surface area contributed by atoms with Crippen LogP contribution < -0.4 is 20.3 Å². The molecule has 7 rings (SSSR count). The van der Waals surface area contributed by atoms with E-state index >= 15 is 0 Å². The molecule has 0 aliphatic carbocycles. The zero-order valence-electron chi connectivity index (χ0n) is 22.7. The monoisotopic (exact) mass is 616 g/mol. The lowest BCUT2D eigenvalue weighted by Crippen LogP contribution is -2.35. The standard InChI is InChI=1S/C30H25ClN6O5S/c31-22-14-20(7-8-23(22)42-16-21-2-1-11-41-21)37-27-24-25(35-30(37)39)26(43-29(24)33-17-32-27)28(38)34-19-5-3-18(4-6-19)15-36-9-12-40-13-10-36/h1-8,11,14,17H,9-10,12-13,15-16H2,(H,34,38)(H,35,39).